The minimum atomic E-state index is 0. The number of nitrogens with zero attached hydrogens (tertiary/aromatic N) is 5. The van der Waals surface area contributed by atoms with Gasteiger partial charge in [0.15, 0.2) is 11.8 Å². The third-order valence-electron chi connectivity index (χ3n) is 6.37. The first kappa shape index (κ1) is 25.3. The molecule has 3 rings (SSSR count). The second-order valence-electron chi connectivity index (χ2n) is 8.39. The average molecular weight is 534 g/mol. The summed E-state index contributed by atoms with van der Waals surface area (Å²) < 4.78 is 7.44. The van der Waals surface area contributed by atoms with Gasteiger partial charge in [-0.25, -0.2) is 4.99 Å². The van der Waals surface area contributed by atoms with E-state index in [0.717, 1.165) is 69.3 Å². The van der Waals surface area contributed by atoms with E-state index in [1.807, 2.05) is 18.5 Å². The predicted molar refractivity (Wildman–Crippen MR) is 131 cm³/mol. The monoisotopic (exact) mass is 533 g/mol. The number of halogens is 1. The van der Waals surface area contributed by atoms with Gasteiger partial charge >= 0.3 is 0 Å². The third-order valence-corrected chi connectivity index (χ3v) is 6.37. The number of ether oxygens (including phenoxy) is 1. The third kappa shape index (κ3) is 7.96. The molecule has 0 spiro atoms. The fourth-order valence-corrected chi connectivity index (χ4v) is 4.13. The van der Waals surface area contributed by atoms with E-state index >= 15 is 0 Å². The fourth-order valence-electron chi connectivity index (χ4n) is 4.13. The number of hydrogen-bond acceptors (Lipinski definition) is 5. The lowest BCUT2D eigenvalue weighted by molar-refractivity contribution is 0.0376. The first-order chi connectivity index (χ1) is 14.2. The van der Waals surface area contributed by atoms with Gasteiger partial charge in [0, 0.05) is 32.7 Å². The molecule has 8 nitrogen and oxygen atoms in total. The van der Waals surface area contributed by atoms with Gasteiger partial charge in [-0.1, -0.05) is 13.3 Å². The lowest BCUT2D eigenvalue weighted by atomic mass is 9.84. The molecule has 0 amide bonds. The molecular weight excluding hydrogens is 493 g/mol. The molecule has 0 unspecified atom stereocenters. The van der Waals surface area contributed by atoms with Crippen molar-refractivity contribution in [3.8, 4) is 0 Å². The fraction of sp³-hybridized carbons (Fsp3) is 0.857. The highest BCUT2D eigenvalue weighted by atomic mass is 127. The van der Waals surface area contributed by atoms with Crippen molar-refractivity contribution in [2.24, 2.45) is 18.0 Å². The van der Waals surface area contributed by atoms with E-state index in [9.17, 15) is 0 Å². The number of aromatic nitrogens is 3. The summed E-state index contributed by atoms with van der Waals surface area (Å²) in [5.74, 6) is 3.62. The molecular formula is C21H40IN7O. The van der Waals surface area contributed by atoms with Gasteiger partial charge in [0.25, 0.3) is 0 Å². The number of aryl methyl sites for hydroxylation is 1. The molecule has 0 radical (unpaired) electrons. The summed E-state index contributed by atoms with van der Waals surface area (Å²) in [4.78, 5) is 7.30. The Hall–Kier alpha value is -0.940. The normalized spacial score (nSPS) is 23.1. The molecule has 1 saturated carbocycles. The number of hydrogen-bond donors (Lipinski definition) is 2. The van der Waals surface area contributed by atoms with Gasteiger partial charge in [-0.2, -0.15) is 0 Å². The van der Waals surface area contributed by atoms with Crippen molar-refractivity contribution in [1.29, 1.82) is 0 Å². The largest absolute Gasteiger partial charge is 0.379 e. The molecule has 2 N–H and O–H groups in total. The van der Waals surface area contributed by atoms with Gasteiger partial charge in [-0.3, -0.25) is 4.90 Å². The van der Waals surface area contributed by atoms with E-state index < -0.39 is 0 Å². The Morgan fingerprint density at radius 3 is 2.53 bits per heavy atom. The van der Waals surface area contributed by atoms with Crippen molar-refractivity contribution < 1.29 is 4.74 Å². The standard InChI is InChI=1S/C21H39N7O.HI/c1-4-18-6-8-19(9-7-18)24-21(23-16-20-26-25-17(2)27(20)3)22-10-5-11-28-12-14-29-15-13-28;/h18-19H,4-16H2,1-3H3,(H2,22,23,24);1H. The van der Waals surface area contributed by atoms with Crippen LogP contribution >= 0.6 is 24.0 Å². The van der Waals surface area contributed by atoms with Crippen LogP contribution < -0.4 is 10.6 Å². The SMILES string of the molecule is CCC1CCC(NC(=NCc2nnc(C)n2C)NCCCN2CCOCC2)CC1.I. The second-order valence-corrected chi connectivity index (χ2v) is 8.39. The first-order valence-electron chi connectivity index (χ1n) is 11.4. The summed E-state index contributed by atoms with van der Waals surface area (Å²) in [7, 11) is 2.00. The predicted octanol–water partition coefficient (Wildman–Crippen LogP) is 2.47. The molecule has 1 aromatic rings. The van der Waals surface area contributed by atoms with Crippen molar-refractivity contribution in [2.45, 2.75) is 65.0 Å². The molecule has 9 heteroatoms. The molecule has 2 heterocycles. The van der Waals surface area contributed by atoms with Crippen LogP contribution in [-0.4, -0.2) is 71.1 Å². The van der Waals surface area contributed by atoms with Crippen molar-refractivity contribution in [3.05, 3.63) is 11.6 Å². The second kappa shape index (κ2) is 13.5. The first-order valence-corrected chi connectivity index (χ1v) is 11.4. The summed E-state index contributed by atoms with van der Waals surface area (Å²) in [6.45, 7) is 10.7. The van der Waals surface area contributed by atoms with Crippen molar-refractivity contribution in [1.82, 2.24) is 30.3 Å². The van der Waals surface area contributed by atoms with Crippen LogP contribution in [0, 0.1) is 12.8 Å². The number of guanidine groups is 1. The molecule has 172 valence electrons. The maximum absolute atomic E-state index is 5.43. The number of morpholine rings is 1. The molecule has 30 heavy (non-hydrogen) atoms. The van der Waals surface area contributed by atoms with E-state index in [2.05, 4.69) is 32.7 Å². The van der Waals surface area contributed by atoms with E-state index in [1.165, 1.54) is 32.1 Å². The maximum atomic E-state index is 5.43. The number of rotatable bonds is 8. The highest BCUT2D eigenvalue weighted by Crippen LogP contribution is 2.26. The lowest BCUT2D eigenvalue weighted by Crippen LogP contribution is -2.46. The smallest absolute Gasteiger partial charge is 0.191 e. The van der Waals surface area contributed by atoms with Crippen LogP contribution in [0.4, 0.5) is 0 Å². The van der Waals surface area contributed by atoms with Crippen molar-refractivity contribution in [2.75, 3.05) is 39.4 Å². The Morgan fingerprint density at radius 1 is 1.17 bits per heavy atom. The van der Waals surface area contributed by atoms with E-state index in [4.69, 9.17) is 9.73 Å². The van der Waals surface area contributed by atoms with Crippen LogP contribution in [0.2, 0.25) is 0 Å². The van der Waals surface area contributed by atoms with Crippen LogP contribution in [0.25, 0.3) is 0 Å². The molecule has 0 atom stereocenters. The Morgan fingerprint density at radius 2 is 1.90 bits per heavy atom. The van der Waals surface area contributed by atoms with E-state index in [0.29, 0.717) is 12.6 Å². The Kier molecular flexibility index (Phi) is 11.4. The van der Waals surface area contributed by atoms with Crippen LogP contribution in [-0.2, 0) is 18.3 Å². The summed E-state index contributed by atoms with van der Waals surface area (Å²) in [5.41, 5.74) is 0. The van der Waals surface area contributed by atoms with Crippen molar-refractivity contribution in [3.63, 3.8) is 0 Å². The zero-order chi connectivity index (χ0) is 20.5. The molecule has 0 aromatic carbocycles. The van der Waals surface area contributed by atoms with Crippen LogP contribution in [0.3, 0.4) is 0 Å². The zero-order valence-corrected chi connectivity index (χ0v) is 21.2. The Balaban J connectivity index is 0.00000320. The Bertz CT molecular complexity index is 637. The quantitative estimate of drug-likeness (QED) is 0.232. The summed E-state index contributed by atoms with van der Waals surface area (Å²) in [6.07, 6.45) is 7.51. The zero-order valence-electron chi connectivity index (χ0n) is 18.9. The highest BCUT2D eigenvalue weighted by molar-refractivity contribution is 14.0. The maximum Gasteiger partial charge on any atom is 0.191 e. The van der Waals surface area contributed by atoms with Gasteiger partial charge in [-0.15, -0.1) is 34.2 Å². The topological polar surface area (TPSA) is 79.6 Å². The van der Waals surface area contributed by atoms with E-state index in [1.54, 1.807) is 0 Å². The molecule has 1 aliphatic heterocycles. The lowest BCUT2D eigenvalue weighted by Gasteiger charge is -2.30. The van der Waals surface area contributed by atoms with Gasteiger partial charge in [0.05, 0.1) is 13.2 Å². The number of aliphatic imine (C=N–C) groups is 1. The summed E-state index contributed by atoms with van der Waals surface area (Å²) >= 11 is 0. The average Bonchev–Trinajstić information content (AvgIpc) is 3.08. The minimum Gasteiger partial charge on any atom is -0.379 e. The van der Waals surface area contributed by atoms with Gasteiger partial charge < -0.3 is 19.9 Å². The molecule has 2 aliphatic rings. The van der Waals surface area contributed by atoms with E-state index in [-0.39, 0.29) is 24.0 Å². The molecule has 2 fully saturated rings. The summed E-state index contributed by atoms with van der Waals surface area (Å²) in [6, 6.07) is 0.518. The Labute approximate surface area is 198 Å². The van der Waals surface area contributed by atoms with Crippen molar-refractivity contribution >= 4 is 29.9 Å². The van der Waals surface area contributed by atoms with Gasteiger partial charge in [0.2, 0.25) is 0 Å². The van der Waals surface area contributed by atoms with Gasteiger partial charge in [0.1, 0.15) is 12.4 Å². The van der Waals surface area contributed by atoms with Crippen LogP contribution in [0.1, 0.15) is 57.1 Å². The van der Waals surface area contributed by atoms with Gasteiger partial charge in [-0.05, 0) is 51.5 Å². The molecule has 1 saturated heterocycles. The van der Waals surface area contributed by atoms with Crippen LogP contribution in [0.15, 0.2) is 4.99 Å². The minimum absolute atomic E-state index is 0. The molecule has 1 aromatic heterocycles. The highest BCUT2D eigenvalue weighted by Gasteiger charge is 2.21. The van der Waals surface area contributed by atoms with Crippen LogP contribution in [0.5, 0.6) is 0 Å². The summed E-state index contributed by atoms with van der Waals surface area (Å²) in [5, 5.41) is 15.6. The number of nitrogens with one attached hydrogen (secondary N) is 2. The molecule has 1 aliphatic carbocycles. The molecule has 0 bridgehead atoms.